The fourth-order valence-corrected chi connectivity index (χ4v) is 1.28. The molecule has 2 heteroatoms. The van der Waals surface area contributed by atoms with E-state index in [1.54, 1.807) is 7.11 Å². The van der Waals surface area contributed by atoms with Crippen molar-refractivity contribution in [3.63, 3.8) is 0 Å². The van der Waals surface area contributed by atoms with Gasteiger partial charge in [-0.15, -0.1) is 0 Å². The van der Waals surface area contributed by atoms with E-state index in [2.05, 4.69) is 36.5 Å². The van der Waals surface area contributed by atoms with E-state index in [1.807, 2.05) is 6.07 Å². The van der Waals surface area contributed by atoms with Crippen LogP contribution in [-0.2, 0) is 11.3 Å². The van der Waals surface area contributed by atoms with Crippen molar-refractivity contribution in [2.75, 3.05) is 13.7 Å². The molecule has 1 atom stereocenters. The number of nitrogens with one attached hydrogen (secondary N) is 1. The average molecular weight is 193 g/mol. The lowest BCUT2D eigenvalue weighted by Crippen LogP contribution is -2.26. The van der Waals surface area contributed by atoms with Crippen LogP contribution in [0.15, 0.2) is 30.3 Å². The molecule has 0 saturated heterocycles. The Morgan fingerprint density at radius 2 is 2.00 bits per heavy atom. The predicted octanol–water partition coefficient (Wildman–Crippen LogP) is 2.20. The number of hydrogen-bond acceptors (Lipinski definition) is 2. The molecule has 1 N–H and O–H groups in total. The van der Waals surface area contributed by atoms with Crippen LogP contribution in [0.5, 0.6) is 0 Å². The summed E-state index contributed by atoms with van der Waals surface area (Å²) >= 11 is 0. The predicted molar refractivity (Wildman–Crippen MR) is 59.2 cm³/mol. The Morgan fingerprint density at radius 3 is 2.64 bits per heavy atom. The lowest BCUT2D eigenvalue weighted by molar-refractivity contribution is 0.184. The van der Waals surface area contributed by atoms with Gasteiger partial charge in [-0.25, -0.2) is 0 Å². The summed E-state index contributed by atoms with van der Waals surface area (Å²) in [5.41, 5.74) is 1.33. The molecule has 1 aromatic carbocycles. The molecule has 0 saturated carbocycles. The summed E-state index contributed by atoms with van der Waals surface area (Å²) in [5, 5.41) is 3.45. The van der Waals surface area contributed by atoms with Crippen LogP contribution in [0.4, 0.5) is 0 Å². The van der Waals surface area contributed by atoms with Crippen LogP contribution in [-0.4, -0.2) is 19.8 Å². The molecule has 0 aliphatic heterocycles. The van der Waals surface area contributed by atoms with E-state index in [1.165, 1.54) is 5.56 Å². The van der Waals surface area contributed by atoms with Crippen molar-refractivity contribution in [3.05, 3.63) is 35.9 Å². The zero-order valence-corrected chi connectivity index (χ0v) is 8.99. The van der Waals surface area contributed by atoms with Crippen LogP contribution in [0.25, 0.3) is 0 Å². The first-order valence-electron chi connectivity index (χ1n) is 5.09. The second-order valence-electron chi connectivity index (χ2n) is 3.55. The van der Waals surface area contributed by atoms with Gasteiger partial charge >= 0.3 is 0 Å². The molecule has 0 aromatic heterocycles. The first-order chi connectivity index (χ1) is 6.83. The Kier molecular flexibility index (Phi) is 5.27. The third-order valence-corrected chi connectivity index (χ3v) is 2.25. The monoisotopic (exact) mass is 193 g/mol. The highest BCUT2D eigenvalue weighted by atomic mass is 16.5. The highest BCUT2D eigenvalue weighted by molar-refractivity contribution is 5.14. The summed E-state index contributed by atoms with van der Waals surface area (Å²) in [7, 11) is 1.74. The molecule has 0 amide bonds. The van der Waals surface area contributed by atoms with Crippen molar-refractivity contribution in [3.8, 4) is 0 Å². The van der Waals surface area contributed by atoms with E-state index >= 15 is 0 Å². The van der Waals surface area contributed by atoms with Crippen molar-refractivity contribution in [1.82, 2.24) is 5.32 Å². The summed E-state index contributed by atoms with van der Waals surface area (Å²) in [4.78, 5) is 0. The van der Waals surface area contributed by atoms with Crippen molar-refractivity contribution in [1.29, 1.82) is 0 Å². The topological polar surface area (TPSA) is 21.3 Å². The van der Waals surface area contributed by atoms with Crippen molar-refractivity contribution < 1.29 is 4.74 Å². The number of rotatable bonds is 6. The standard InChI is InChI=1S/C12H19NO/c1-11(8-9-14-2)13-10-12-6-4-3-5-7-12/h3-7,11,13H,8-10H2,1-2H3. The molecule has 0 aliphatic rings. The molecule has 0 heterocycles. The zero-order chi connectivity index (χ0) is 10.2. The van der Waals surface area contributed by atoms with Crippen LogP contribution in [0.1, 0.15) is 18.9 Å². The Labute approximate surface area is 86.3 Å². The number of ether oxygens (including phenoxy) is 1. The second kappa shape index (κ2) is 6.57. The zero-order valence-electron chi connectivity index (χ0n) is 8.99. The molecular formula is C12H19NO. The molecule has 1 aromatic rings. The first kappa shape index (κ1) is 11.2. The van der Waals surface area contributed by atoms with Gasteiger partial charge in [-0.3, -0.25) is 0 Å². The molecule has 0 fully saturated rings. The van der Waals surface area contributed by atoms with Crippen LogP contribution < -0.4 is 5.32 Å². The van der Waals surface area contributed by atoms with E-state index in [0.29, 0.717) is 6.04 Å². The van der Waals surface area contributed by atoms with Gasteiger partial charge in [0.25, 0.3) is 0 Å². The maximum Gasteiger partial charge on any atom is 0.0476 e. The Morgan fingerprint density at radius 1 is 1.29 bits per heavy atom. The van der Waals surface area contributed by atoms with Gasteiger partial charge in [-0.1, -0.05) is 30.3 Å². The van der Waals surface area contributed by atoms with Crippen LogP contribution >= 0.6 is 0 Å². The quantitative estimate of drug-likeness (QED) is 0.748. The smallest absolute Gasteiger partial charge is 0.0476 e. The average Bonchev–Trinajstić information content (AvgIpc) is 2.25. The summed E-state index contributed by atoms with van der Waals surface area (Å²) in [6.45, 7) is 3.94. The lowest BCUT2D eigenvalue weighted by Gasteiger charge is -2.12. The number of hydrogen-bond donors (Lipinski definition) is 1. The minimum Gasteiger partial charge on any atom is -0.385 e. The molecule has 0 bridgehead atoms. The Balaban J connectivity index is 2.20. The fraction of sp³-hybridized carbons (Fsp3) is 0.500. The van der Waals surface area contributed by atoms with Crippen LogP contribution in [0.3, 0.4) is 0 Å². The molecule has 0 spiro atoms. The lowest BCUT2D eigenvalue weighted by atomic mass is 10.2. The molecule has 1 rings (SSSR count). The molecule has 14 heavy (non-hydrogen) atoms. The van der Waals surface area contributed by atoms with Gasteiger partial charge < -0.3 is 10.1 Å². The molecule has 2 nitrogen and oxygen atoms in total. The van der Waals surface area contributed by atoms with E-state index in [0.717, 1.165) is 19.6 Å². The van der Waals surface area contributed by atoms with Gasteiger partial charge in [0.2, 0.25) is 0 Å². The molecule has 1 unspecified atom stereocenters. The normalized spacial score (nSPS) is 12.7. The summed E-state index contributed by atoms with van der Waals surface area (Å²) in [6.07, 6.45) is 1.06. The van der Waals surface area contributed by atoms with Crippen molar-refractivity contribution in [2.45, 2.75) is 25.9 Å². The summed E-state index contributed by atoms with van der Waals surface area (Å²) < 4.78 is 5.02. The Bertz CT molecular complexity index is 235. The summed E-state index contributed by atoms with van der Waals surface area (Å²) in [5.74, 6) is 0. The van der Waals surface area contributed by atoms with Gasteiger partial charge in [0, 0.05) is 26.3 Å². The minimum absolute atomic E-state index is 0.509. The highest BCUT2D eigenvalue weighted by Crippen LogP contribution is 1.99. The van der Waals surface area contributed by atoms with Gasteiger partial charge in [-0.05, 0) is 18.9 Å². The van der Waals surface area contributed by atoms with Crippen molar-refractivity contribution in [2.24, 2.45) is 0 Å². The van der Waals surface area contributed by atoms with E-state index in [4.69, 9.17) is 4.74 Å². The number of benzene rings is 1. The molecule has 78 valence electrons. The first-order valence-corrected chi connectivity index (χ1v) is 5.09. The summed E-state index contributed by atoms with van der Waals surface area (Å²) in [6, 6.07) is 11.0. The highest BCUT2D eigenvalue weighted by Gasteiger charge is 1.99. The van der Waals surface area contributed by atoms with Gasteiger partial charge in [0.15, 0.2) is 0 Å². The fourth-order valence-electron chi connectivity index (χ4n) is 1.28. The molecular weight excluding hydrogens is 174 g/mol. The second-order valence-corrected chi connectivity index (χ2v) is 3.55. The van der Waals surface area contributed by atoms with Crippen LogP contribution in [0, 0.1) is 0 Å². The maximum absolute atomic E-state index is 5.02. The SMILES string of the molecule is COCCC(C)NCc1ccccc1. The Hall–Kier alpha value is -0.860. The van der Waals surface area contributed by atoms with E-state index in [9.17, 15) is 0 Å². The third kappa shape index (κ3) is 4.40. The molecule has 0 radical (unpaired) electrons. The maximum atomic E-state index is 5.02. The van der Waals surface area contributed by atoms with E-state index in [-0.39, 0.29) is 0 Å². The van der Waals surface area contributed by atoms with Gasteiger partial charge in [0.05, 0.1) is 0 Å². The third-order valence-electron chi connectivity index (χ3n) is 2.25. The van der Waals surface area contributed by atoms with E-state index < -0.39 is 0 Å². The van der Waals surface area contributed by atoms with Gasteiger partial charge in [0.1, 0.15) is 0 Å². The van der Waals surface area contributed by atoms with Crippen molar-refractivity contribution >= 4 is 0 Å². The largest absolute Gasteiger partial charge is 0.385 e. The van der Waals surface area contributed by atoms with Gasteiger partial charge in [-0.2, -0.15) is 0 Å². The molecule has 0 aliphatic carbocycles. The van der Waals surface area contributed by atoms with Crippen LogP contribution in [0.2, 0.25) is 0 Å². The minimum atomic E-state index is 0.509. The number of methoxy groups -OCH3 is 1.